The Bertz CT molecular complexity index is 1170. The zero-order chi connectivity index (χ0) is 21.5. The third-order valence-corrected chi connectivity index (χ3v) is 5.70. The van der Waals surface area contributed by atoms with Crippen molar-refractivity contribution in [3.8, 4) is 0 Å². The van der Waals surface area contributed by atoms with Gasteiger partial charge in [-0.1, -0.05) is 36.4 Å². The predicted octanol–water partition coefficient (Wildman–Crippen LogP) is 3.51. The number of hydrogen-bond acceptors (Lipinski definition) is 4. The highest BCUT2D eigenvalue weighted by Crippen LogP contribution is 2.39. The number of carbonyl (C=O) groups is 2. The first kappa shape index (κ1) is 19.9. The van der Waals surface area contributed by atoms with E-state index < -0.39 is 5.91 Å². The van der Waals surface area contributed by atoms with E-state index in [1.165, 1.54) is 0 Å². The van der Waals surface area contributed by atoms with E-state index in [2.05, 4.69) is 29.0 Å². The van der Waals surface area contributed by atoms with Crippen LogP contribution in [0, 0.1) is 6.92 Å². The standard InChI is InChI=1S/C24H26N4O2/c1-15-19(17-11-7-8-12-18(17)28(15)24(2,3)13-14-25)20-21(23(30)27-22(20)29)26-16-9-5-4-6-10-16/h4-12H,13-14,25H2,1-3H3,(H2,26,27,29,30). The van der Waals surface area contributed by atoms with Gasteiger partial charge in [-0.25, -0.2) is 0 Å². The van der Waals surface area contributed by atoms with Crippen molar-refractivity contribution >= 4 is 34.0 Å². The molecule has 0 atom stereocenters. The van der Waals surface area contributed by atoms with Crippen LogP contribution in [-0.4, -0.2) is 22.9 Å². The van der Waals surface area contributed by atoms with Gasteiger partial charge in [-0.2, -0.15) is 0 Å². The Balaban J connectivity index is 1.99. The van der Waals surface area contributed by atoms with E-state index in [1.54, 1.807) is 0 Å². The number of aromatic nitrogens is 1. The van der Waals surface area contributed by atoms with Crippen molar-refractivity contribution in [2.24, 2.45) is 5.73 Å². The fourth-order valence-corrected chi connectivity index (χ4v) is 4.41. The lowest BCUT2D eigenvalue weighted by Gasteiger charge is -2.29. The number of anilines is 1. The lowest BCUT2D eigenvalue weighted by molar-refractivity contribution is -0.123. The number of hydrogen-bond donors (Lipinski definition) is 3. The number of fused-ring (bicyclic) bond motifs is 1. The zero-order valence-electron chi connectivity index (χ0n) is 17.5. The maximum absolute atomic E-state index is 12.9. The molecule has 6 nitrogen and oxygen atoms in total. The van der Waals surface area contributed by atoms with Gasteiger partial charge in [-0.15, -0.1) is 0 Å². The summed E-state index contributed by atoms with van der Waals surface area (Å²) in [5, 5.41) is 6.55. The summed E-state index contributed by atoms with van der Waals surface area (Å²) in [5.74, 6) is -0.808. The number of nitrogens with zero attached hydrogens (tertiary/aromatic N) is 1. The average molecular weight is 402 g/mol. The molecule has 2 amide bonds. The molecule has 0 spiro atoms. The molecule has 4 rings (SSSR count). The van der Waals surface area contributed by atoms with Gasteiger partial charge in [-0.05, 0) is 51.9 Å². The third kappa shape index (κ3) is 3.19. The summed E-state index contributed by atoms with van der Waals surface area (Å²) in [4.78, 5) is 25.6. The summed E-state index contributed by atoms with van der Waals surface area (Å²) in [5.41, 5.74) is 9.76. The average Bonchev–Trinajstić information content (AvgIpc) is 3.15. The molecule has 1 aliphatic heterocycles. The fraction of sp³-hybridized carbons (Fsp3) is 0.250. The fourth-order valence-electron chi connectivity index (χ4n) is 4.41. The van der Waals surface area contributed by atoms with Crippen LogP contribution >= 0.6 is 0 Å². The van der Waals surface area contributed by atoms with E-state index in [-0.39, 0.29) is 17.1 Å². The van der Waals surface area contributed by atoms with Crippen LogP contribution in [0.4, 0.5) is 5.69 Å². The van der Waals surface area contributed by atoms with Gasteiger partial charge < -0.3 is 15.6 Å². The molecule has 0 aliphatic carbocycles. The Labute approximate surface area is 175 Å². The molecular weight excluding hydrogens is 376 g/mol. The smallest absolute Gasteiger partial charge is 0.275 e. The molecule has 0 saturated heterocycles. The van der Waals surface area contributed by atoms with Gasteiger partial charge in [0.15, 0.2) is 0 Å². The second kappa shape index (κ2) is 7.46. The van der Waals surface area contributed by atoms with Crippen molar-refractivity contribution in [1.29, 1.82) is 0 Å². The monoisotopic (exact) mass is 402 g/mol. The van der Waals surface area contributed by atoms with Gasteiger partial charge in [0, 0.05) is 33.4 Å². The largest absolute Gasteiger partial charge is 0.350 e. The van der Waals surface area contributed by atoms with Gasteiger partial charge in [0.25, 0.3) is 11.8 Å². The second-order valence-electron chi connectivity index (χ2n) is 8.19. The Morgan fingerprint density at radius 1 is 1.00 bits per heavy atom. The molecule has 2 heterocycles. The minimum absolute atomic E-state index is 0.247. The van der Waals surface area contributed by atoms with Crippen LogP contribution in [-0.2, 0) is 15.1 Å². The number of nitrogens with one attached hydrogen (secondary N) is 2. The van der Waals surface area contributed by atoms with Crippen LogP contribution in [0.1, 0.15) is 31.5 Å². The van der Waals surface area contributed by atoms with Crippen LogP contribution in [0.15, 0.2) is 60.3 Å². The molecular formula is C24H26N4O2. The van der Waals surface area contributed by atoms with Crippen LogP contribution in [0.3, 0.4) is 0 Å². The first-order chi connectivity index (χ1) is 14.3. The molecule has 3 aromatic rings. The van der Waals surface area contributed by atoms with Gasteiger partial charge in [0.05, 0.1) is 5.57 Å². The Hall–Kier alpha value is -3.38. The highest BCUT2D eigenvalue weighted by molar-refractivity contribution is 6.38. The molecule has 2 aromatic carbocycles. The number of para-hydroxylation sites is 2. The van der Waals surface area contributed by atoms with Gasteiger partial charge in [0.2, 0.25) is 0 Å². The molecule has 0 saturated carbocycles. The first-order valence-electron chi connectivity index (χ1n) is 10.1. The number of carbonyl (C=O) groups excluding carboxylic acids is 2. The Morgan fingerprint density at radius 2 is 1.67 bits per heavy atom. The Morgan fingerprint density at radius 3 is 2.37 bits per heavy atom. The van der Waals surface area contributed by atoms with Crippen molar-refractivity contribution in [3.63, 3.8) is 0 Å². The molecule has 0 fully saturated rings. The van der Waals surface area contributed by atoms with Gasteiger partial charge >= 0.3 is 0 Å². The van der Waals surface area contributed by atoms with E-state index in [1.807, 2.05) is 61.5 Å². The molecule has 4 N–H and O–H groups in total. The van der Waals surface area contributed by atoms with Gasteiger partial charge in [0.1, 0.15) is 5.70 Å². The number of imide groups is 1. The minimum Gasteiger partial charge on any atom is -0.350 e. The normalized spacial score (nSPS) is 14.5. The van der Waals surface area contributed by atoms with E-state index >= 15 is 0 Å². The quantitative estimate of drug-likeness (QED) is 0.551. The summed E-state index contributed by atoms with van der Waals surface area (Å²) >= 11 is 0. The maximum atomic E-state index is 12.9. The third-order valence-electron chi connectivity index (χ3n) is 5.70. The van der Waals surface area contributed by atoms with Crippen molar-refractivity contribution in [2.45, 2.75) is 32.7 Å². The topological polar surface area (TPSA) is 89.2 Å². The maximum Gasteiger partial charge on any atom is 0.275 e. The van der Waals surface area contributed by atoms with Crippen molar-refractivity contribution in [3.05, 3.63) is 71.6 Å². The first-order valence-corrected chi connectivity index (χ1v) is 10.1. The molecule has 6 heteroatoms. The molecule has 30 heavy (non-hydrogen) atoms. The molecule has 154 valence electrons. The number of amides is 2. The van der Waals surface area contributed by atoms with Gasteiger partial charge in [-0.3, -0.25) is 14.9 Å². The van der Waals surface area contributed by atoms with Crippen molar-refractivity contribution < 1.29 is 9.59 Å². The summed E-state index contributed by atoms with van der Waals surface area (Å²) in [6.45, 7) is 6.83. The summed E-state index contributed by atoms with van der Waals surface area (Å²) in [6.07, 6.45) is 0.783. The lowest BCUT2D eigenvalue weighted by Crippen LogP contribution is -2.30. The SMILES string of the molecule is Cc1c(C2=C(Nc3ccccc3)C(=O)NC2=O)c2ccccc2n1C(C)(C)CCN. The number of rotatable bonds is 6. The minimum atomic E-state index is -0.420. The molecule has 0 unspecified atom stereocenters. The van der Waals surface area contributed by atoms with Crippen LogP contribution in [0.5, 0.6) is 0 Å². The van der Waals surface area contributed by atoms with E-state index in [9.17, 15) is 9.59 Å². The highest BCUT2D eigenvalue weighted by atomic mass is 16.2. The second-order valence-corrected chi connectivity index (χ2v) is 8.19. The lowest BCUT2D eigenvalue weighted by atomic mass is 9.99. The van der Waals surface area contributed by atoms with E-state index in [0.717, 1.165) is 34.3 Å². The number of benzene rings is 2. The van der Waals surface area contributed by atoms with Crippen molar-refractivity contribution in [1.82, 2.24) is 9.88 Å². The summed E-state index contributed by atoms with van der Waals surface area (Å²) < 4.78 is 2.23. The predicted molar refractivity (Wildman–Crippen MR) is 120 cm³/mol. The van der Waals surface area contributed by atoms with E-state index in [4.69, 9.17) is 5.73 Å². The summed E-state index contributed by atoms with van der Waals surface area (Å²) in [6, 6.07) is 17.4. The van der Waals surface area contributed by atoms with E-state index in [0.29, 0.717) is 12.1 Å². The van der Waals surface area contributed by atoms with Crippen LogP contribution in [0.2, 0.25) is 0 Å². The molecule has 0 radical (unpaired) electrons. The number of nitrogens with two attached hydrogens (primary N) is 1. The summed E-state index contributed by atoms with van der Waals surface area (Å²) in [7, 11) is 0. The highest BCUT2D eigenvalue weighted by Gasteiger charge is 2.36. The van der Waals surface area contributed by atoms with Crippen molar-refractivity contribution in [2.75, 3.05) is 11.9 Å². The molecule has 0 bridgehead atoms. The zero-order valence-corrected chi connectivity index (χ0v) is 17.5. The molecule has 1 aromatic heterocycles. The Kier molecular flexibility index (Phi) is 4.95. The van der Waals surface area contributed by atoms with Crippen LogP contribution in [0.25, 0.3) is 16.5 Å². The molecule has 1 aliphatic rings. The van der Waals surface area contributed by atoms with Crippen LogP contribution < -0.4 is 16.4 Å².